The molecule has 0 spiro atoms. The summed E-state index contributed by atoms with van der Waals surface area (Å²) in [7, 11) is 0. The molecular formula is C130H83N9O2S. The molecule has 142 heavy (non-hydrogen) atoms. The van der Waals surface area contributed by atoms with Crippen LogP contribution >= 0.6 is 11.3 Å². The van der Waals surface area contributed by atoms with Crippen molar-refractivity contribution in [3.63, 3.8) is 0 Å². The van der Waals surface area contributed by atoms with Gasteiger partial charge in [-0.1, -0.05) is 243 Å². The summed E-state index contributed by atoms with van der Waals surface area (Å²) in [4.78, 5) is 18.7. The van der Waals surface area contributed by atoms with E-state index in [2.05, 4.69) is 453 Å². The molecule has 0 saturated heterocycles. The average Bonchev–Trinajstić information content (AvgIpc) is 1.57. The van der Waals surface area contributed by atoms with Crippen molar-refractivity contribution in [1.29, 1.82) is 0 Å². The van der Waals surface area contributed by atoms with Crippen molar-refractivity contribution in [3.8, 4) is 95.2 Å². The number of para-hydroxylation sites is 7. The Balaban J connectivity index is 0.000000105. The van der Waals surface area contributed by atoms with Gasteiger partial charge in [0.05, 0.1) is 66.2 Å². The standard InChI is InChI=1S/C48H32N4O.C42H27NO.C40H24N4S/c1-29-23-32(31-19-20-45-39(27-31)36-11-5-8-18-44(36)53-45)24-30(2)46(29)33-25-34(51-40-14-6-3-12-37(40)47-42(51)16-9-21-49-47)28-35(26-33)52-41-15-7-4-13-38(41)48-43(52)17-10-22-50-48;1-2-10-28(11-3-1)32-20-22-41-37(26-32)38-27-33(21-23-42(38)44-41)30-13-8-12-29(24-30)31-14-9-15-34(25-31)43-39-18-6-4-16-35(39)36-17-5-7-19-40(36)43;1-4-10-35-29(7-1)33-23-41-17-15-37(33)43(35)27-19-26(25-13-14-40-32(21-25)31-9-3-6-12-39(31)45-40)20-28(22-27)44-36-11-5-2-8-30(36)34-24-42-18-16-38(34)44/h3-28H,1-2H3;1-27H;1-24H. The van der Waals surface area contributed by atoms with E-state index in [1.165, 1.54) is 125 Å². The predicted molar refractivity (Wildman–Crippen MR) is 592 cm³/mol. The molecule has 0 fully saturated rings. The lowest BCUT2D eigenvalue weighted by atomic mass is 9.90. The molecule has 0 radical (unpaired) electrons. The lowest BCUT2D eigenvalue weighted by molar-refractivity contribution is 0.668. The molecule has 0 aliphatic rings. The predicted octanol–water partition coefficient (Wildman–Crippen LogP) is 34.9. The Morgan fingerprint density at radius 1 is 0.190 bits per heavy atom. The van der Waals surface area contributed by atoms with Crippen LogP contribution in [0.3, 0.4) is 0 Å². The Kier molecular flexibility index (Phi) is 19.0. The number of hydrogen-bond acceptors (Lipinski definition) is 7. The first-order chi connectivity index (χ1) is 70.2. The largest absolute Gasteiger partial charge is 0.456 e. The molecule has 0 saturated carbocycles. The Morgan fingerprint density at radius 2 is 0.521 bits per heavy atom. The van der Waals surface area contributed by atoms with E-state index >= 15 is 0 Å². The third kappa shape index (κ3) is 13.5. The molecule has 12 heterocycles. The summed E-state index contributed by atoms with van der Waals surface area (Å²) in [6.45, 7) is 4.47. The molecule has 0 amide bonds. The van der Waals surface area contributed by atoms with E-state index in [1.54, 1.807) is 0 Å². The number of furan rings is 2. The molecule has 0 aliphatic heterocycles. The van der Waals surface area contributed by atoms with Crippen molar-refractivity contribution in [2.45, 2.75) is 13.8 Å². The number of aromatic nitrogens is 9. The van der Waals surface area contributed by atoms with E-state index in [1.807, 2.05) is 72.8 Å². The minimum Gasteiger partial charge on any atom is -0.456 e. The fourth-order valence-corrected chi connectivity index (χ4v) is 23.5. The van der Waals surface area contributed by atoms with Gasteiger partial charge >= 0.3 is 0 Å². The molecule has 12 aromatic heterocycles. The van der Waals surface area contributed by atoms with Gasteiger partial charge in [0, 0.05) is 150 Å². The summed E-state index contributed by atoms with van der Waals surface area (Å²) in [5.74, 6) is 0. The maximum atomic E-state index is 6.23. The van der Waals surface area contributed by atoms with Crippen LogP contribution in [0.4, 0.5) is 0 Å². The SMILES string of the molecule is Cc1cc(-c2ccc3oc4ccccc4c3c2)cc(C)c1-c1cc(-n2c3ccccc3c3ncccc32)cc(-n2c3ccccc3c3ncccc32)c1.c1ccc(-c2ccc3oc4ccc(-c5cccc(-c6cccc(-n7c8ccccc8c8ccccc87)c6)c5)cc4c3c2)cc1.c1ccc2c(c1)sc1ccc(-c3cc(-n4c5ccccc5c5cnccc54)cc(-n4c5ccccc5c5cnccc54)c3)cc12. The second-order valence-corrected chi connectivity index (χ2v) is 38.0. The number of nitrogens with zero attached hydrogens (tertiary/aromatic N) is 9. The first-order valence-electron chi connectivity index (χ1n) is 48.1. The Morgan fingerprint density at radius 3 is 1.04 bits per heavy atom. The molecule has 0 bridgehead atoms. The molecule has 18 aromatic carbocycles. The monoisotopic (exact) mass is 1830 g/mol. The van der Waals surface area contributed by atoms with Gasteiger partial charge < -0.3 is 31.7 Å². The zero-order valence-electron chi connectivity index (χ0n) is 77.2. The molecule has 30 aromatic rings. The summed E-state index contributed by atoms with van der Waals surface area (Å²) in [5, 5.41) is 16.6. The minimum absolute atomic E-state index is 0.906. The highest BCUT2D eigenvalue weighted by molar-refractivity contribution is 7.25. The lowest BCUT2D eigenvalue weighted by Crippen LogP contribution is -2.01. The normalized spacial score (nSPS) is 11.9. The van der Waals surface area contributed by atoms with Gasteiger partial charge in [-0.25, -0.2) is 0 Å². The van der Waals surface area contributed by atoms with Gasteiger partial charge in [-0.3, -0.25) is 19.9 Å². The highest BCUT2D eigenvalue weighted by Gasteiger charge is 2.25. The minimum atomic E-state index is 0.906. The quantitative estimate of drug-likeness (QED) is 0.128. The lowest BCUT2D eigenvalue weighted by Gasteiger charge is -2.18. The van der Waals surface area contributed by atoms with E-state index in [4.69, 9.17) is 18.8 Å². The summed E-state index contributed by atoms with van der Waals surface area (Å²) >= 11 is 1.85. The van der Waals surface area contributed by atoms with Crippen LogP contribution in [0.2, 0.25) is 0 Å². The Bertz CT molecular complexity index is 9860. The fraction of sp³-hybridized carbons (Fsp3) is 0.0154. The zero-order chi connectivity index (χ0) is 93.7. The van der Waals surface area contributed by atoms with Gasteiger partial charge in [0.1, 0.15) is 22.3 Å². The fourth-order valence-electron chi connectivity index (χ4n) is 22.4. The van der Waals surface area contributed by atoms with Crippen molar-refractivity contribution in [1.82, 2.24) is 42.8 Å². The molecule has 12 heteroatoms. The number of aryl methyl sites for hydroxylation is 2. The number of thiophene rings is 1. The van der Waals surface area contributed by atoms with Crippen LogP contribution in [0.5, 0.6) is 0 Å². The van der Waals surface area contributed by atoms with Crippen LogP contribution in [-0.2, 0) is 0 Å². The molecule has 30 rings (SSSR count). The molecule has 666 valence electrons. The van der Waals surface area contributed by atoms with Crippen molar-refractivity contribution in [2.75, 3.05) is 0 Å². The number of rotatable bonds is 11. The number of benzene rings is 18. The van der Waals surface area contributed by atoms with Crippen LogP contribution in [0.1, 0.15) is 11.1 Å². The smallest absolute Gasteiger partial charge is 0.135 e. The molecular weight excluding hydrogens is 1750 g/mol. The van der Waals surface area contributed by atoms with Crippen LogP contribution in [0.25, 0.3) is 269 Å². The average molecular weight is 1840 g/mol. The topological polar surface area (TPSA) is 102 Å². The number of hydrogen-bond donors (Lipinski definition) is 0. The summed E-state index contributed by atoms with van der Waals surface area (Å²) in [5.41, 5.74) is 39.2. The molecule has 0 unspecified atom stereocenters. The Labute approximate surface area is 818 Å². The van der Waals surface area contributed by atoms with Gasteiger partial charge in [-0.15, -0.1) is 11.3 Å². The maximum Gasteiger partial charge on any atom is 0.135 e. The highest BCUT2D eigenvalue weighted by atomic mass is 32.1. The zero-order valence-corrected chi connectivity index (χ0v) is 78.0. The van der Waals surface area contributed by atoms with Crippen molar-refractivity contribution >= 4 is 185 Å². The first-order valence-corrected chi connectivity index (χ1v) is 48.9. The van der Waals surface area contributed by atoms with Gasteiger partial charge in [0.25, 0.3) is 0 Å². The molecule has 0 atom stereocenters. The Hall–Kier alpha value is -18.6. The van der Waals surface area contributed by atoms with E-state index in [0.717, 1.165) is 155 Å². The van der Waals surface area contributed by atoms with E-state index in [9.17, 15) is 0 Å². The number of pyridine rings is 4. The van der Waals surface area contributed by atoms with Crippen molar-refractivity contribution in [3.05, 3.63) is 479 Å². The van der Waals surface area contributed by atoms with Crippen LogP contribution in [0.15, 0.2) is 477 Å². The highest BCUT2D eigenvalue weighted by Crippen LogP contribution is 2.47. The second-order valence-electron chi connectivity index (χ2n) is 36.9. The van der Waals surface area contributed by atoms with Crippen molar-refractivity contribution in [2.24, 2.45) is 0 Å². The van der Waals surface area contributed by atoms with Gasteiger partial charge in [-0.05, 0) is 280 Å². The van der Waals surface area contributed by atoms with Gasteiger partial charge in [0.15, 0.2) is 0 Å². The maximum absolute atomic E-state index is 6.23. The number of fused-ring (bicyclic) bond motifs is 24. The third-order valence-corrected chi connectivity index (χ3v) is 29.8. The van der Waals surface area contributed by atoms with E-state index in [-0.39, 0.29) is 0 Å². The second kappa shape index (κ2) is 33.1. The van der Waals surface area contributed by atoms with Crippen LogP contribution in [-0.4, -0.2) is 42.8 Å². The van der Waals surface area contributed by atoms with Crippen LogP contribution in [0, 0.1) is 13.8 Å². The first kappa shape index (κ1) is 81.7. The molecule has 0 N–H and O–H groups in total. The molecule has 11 nitrogen and oxygen atoms in total. The summed E-state index contributed by atoms with van der Waals surface area (Å²) < 4.78 is 26.9. The summed E-state index contributed by atoms with van der Waals surface area (Å²) in [6, 6.07) is 155. The van der Waals surface area contributed by atoms with Gasteiger partial charge in [-0.2, -0.15) is 0 Å². The molecule has 0 aliphatic carbocycles. The van der Waals surface area contributed by atoms with E-state index in [0.29, 0.717) is 0 Å². The summed E-state index contributed by atoms with van der Waals surface area (Å²) in [6.07, 6.45) is 11.5. The van der Waals surface area contributed by atoms with Crippen LogP contribution < -0.4 is 0 Å². The van der Waals surface area contributed by atoms with Gasteiger partial charge in [0.2, 0.25) is 0 Å². The van der Waals surface area contributed by atoms with Crippen molar-refractivity contribution < 1.29 is 8.83 Å². The van der Waals surface area contributed by atoms with E-state index < -0.39 is 0 Å². The third-order valence-electron chi connectivity index (χ3n) is 28.7.